The molecule has 25 heavy (non-hydrogen) atoms. The van der Waals surface area contributed by atoms with Gasteiger partial charge in [-0.05, 0) is 55.0 Å². The maximum absolute atomic E-state index is 12.5. The fourth-order valence-corrected chi connectivity index (χ4v) is 3.73. The largest absolute Gasteiger partial charge is 0.325 e. The Labute approximate surface area is 155 Å². The minimum absolute atomic E-state index is 0.0293. The van der Waals surface area contributed by atoms with Gasteiger partial charge in [-0.15, -0.1) is 0 Å². The molecule has 130 valence electrons. The van der Waals surface area contributed by atoms with Crippen molar-refractivity contribution in [1.82, 2.24) is 4.31 Å². The van der Waals surface area contributed by atoms with Crippen LogP contribution >= 0.6 is 15.9 Å². The molecule has 0 heterocycles. The fraction of sp³-hybridized carbons (Fsp3) is 0.176. The Bertz CT molecular complexity index is 935. The molecule has 0 aliphatic rings. The van der Waals surface area contributed by atoms with Crippen molar-refractivity contribution in [3.63, 3.8) is 0 Å². The Morgan fingerprint density at radius 1 is 1.24 bits per heavy atom. The second-order valence-electron chi connectivity index (χ2n) is 5.40. The molecule has 0 spiro atoms. The molecule has 0 aliphatic carbocycles. The van der Waals surface area contributed by atoms with Crippen LogP contribution in [-0.4, -0.2) is 32.2 Å². The number of hydrogen-bond donors (Lipinski definition) is 1. The molecular formula is C17H16BrN3O3S. The predicted molar refractivity (Wildman–Crippen MR) is 98.5 cm³/mol. The van der Waals surface area contributed by atoms with Gasteiger partial charge in [0.25, 0.3) is 0 Å². The number of hydrogen-bond acceptors (Lipinski definition) is 4. The first-order valence-corrected chi connectivity index (χ1v) is 9.50. The van der Waals surface area contributed by atoms with E-state index in [0.717, 1.165) is 14.3 Å². The first-order valence-electron chi connectivity index (χ1n) is 7.26. The van der Waals surface area contributed by atoms with Gasteiger partial charge in [0.2, 0.25) is 15.9 Å². The zero-order valence-electron chi connectivity index (χ0n) is 13.7. The molecule has 0 saturated heterocycles. The first kappa shape index (κ1) is 19.1. The van der Waals surface area contributed by atoms with Crippen LogP contribution in [0.5, 0.6) is 0 Å². The van der Waals surface area contributed by atoms with E-state index in [0.29, 0.717) is 11.3 Å². The summed E-state index contributed by atoms with van der Waals surface area (Å²) in [4.78, 5) is 12.2. The number of halogens is 1. The molecule has 2 aromatic carbocycles. The molecule has 1 N–H and O–H groups in total. The molecule has 1 amide bonds. The number of anilines is 1. The molecular weight excluding hydrogens is 406 g/mol. The Morgan fingerprint density at radius 2 is 1.88 bits per heavy atom. The SMILES string of the molecule is Cc1cc(Br)ccc1NC(=O)CN(C)S(=O)(=O)c1ccc(C#N)cc1. The van der Waals surface area contributed by atoms with Crippen LogP contribution in [0.15, 0.2) is 51.8 Å². The summed E-state index contributed by atoms with van der Waals surface area (Å²) >= 11 is 3.34. The van der Waals surface area contributed by atoms with E-state index >= 15 is 0 Å². The lowest BCUT2D eigenvalue weighted by Gasteiger charge is -2.17. The Morgan fingerprint density at radius 3 is 2.44 bits per heavy atom. The Kier molecular flexibility index (Phi) is 5.95. The van der Waals surface area contributed by atoms with Crippen LogP contribution in [0.1, 0.15) is 11.1 Å². The van der Waals surface area contributed by atoms with Crippen LogP contribution in [0, 0.1) is 18.3 Å². The van der Waals surface area contributed by atoms with Crippen LogP contribution in [0.2, 0.25) is 0 Å². The number of rotatable bonds is 5. The maximum Gasteiger partial charge on any atom is 0.243 e. The number of sulfonamides is 1. The summed E-state index contributed by atoms with van der Waals surface area (Å²) in [5, 5.41) is 11.5. The molecule has 0 fully saturated rings. The molecule has 2 rings (SSSR count). The van der Waals surface area contributed by atoms with Crippen molar-refractivity contribution in [2.24, 2.45) is 0 Å². The van der Waals surface area contributed by atoms with E-state index < -0.39 is 15.9 Å². The van der Waals surface area contributed by atoms with Crippen LogP contribution in [0.3, 0.4) is 0 Å². The second-order valence-corrected chi connectivity index (χ2v) is 8.37. The van der Waals surface area contributed by atoms with Crippen molar-refractivity contribution in [1.29, 1.82) is 5.26 Å². The van der Waals surface area contributed by atoms with Crippen molar-refractivity contribution in [2.45, 2.75) is 11.8 Å². The summed E-state index contributed by atoms with van der Waals surface area (Å²) in [5.41, 5.74) is 1.85. The van der Waals surface area contributed by atoms with Gasteiger partial charge in [0.05, 0.1) is 23.1 Å². The third-order valence-corrected chi connectivity index (χ3v) is 5.83. The van der Waals surface area contributed by atoms with Crippen molar-refractivity contribution in [3.05, 3.63) is 58.1 Å². The third-order valence-electron chi connectivity index (χ3n) is 3.52. The van der Waals surface area contributed by atoms with Gasteiger partial charge in [-0.25, -0.2) is 8.42 Å². The van der Waals surface area contributed by atoms with Crippen LogP contribution in [-0.2, 0) is 14.8 Å². The minimum Gasteiger partial charge on any atom is -0.325 e. The van der Waals surface area contributed by atoms with Crippen molar-refractivity contribution < 1.29 is 13.2 Å². The Hall–Kier alpha value is -2.21. The highest BCUT2D eigenvalue weighted by molar-refractivity contribution is 9.10. The summed E-state index contributed by atoms with van der Waals surface area (Å²) < 4.78 is 26.8. The van der Waals surface area contributed by atoms with Crippen molar-refractivity contribution in [3.8, 4) is 6.07 Å². The van der Waals surface area contributed by atoms with Gasteiger partial charge in [-0.2, -0.15) is 9.57 Å². The average Bonchev–Trinajstić information content (AvgIpc) is 2.57. The van der Waals surface area contributed by atoms with Gasteiger partial charge in [-0.1, -0.05) is 15.9 Å². The lowest BCUT2D eigenvalue weighted by Crippen LogP contribution is -2.35. The van der Waals surface area contributed by atoms with Crippen molar-refractivity contribution in [2.75, 3.05) is 18.9 Å². The lowest BCUT2D eigenvalue weighted by atomic mass is 10.2. The summed E-state index contributed by atoms with van der Waals surface area (Å²) in [6.07, 6.45) is 0. The number of nitrogens with zero attached hydrogens (tertiary/aromatic N) is 2. The number of amides is 1. The number of likely N-dealkylation sites (N-methyl/N-ethyl adjacent to an activating group) is 1. The van der Waals surface area contributed by atoms with Crippen LogP contribution in [0.4, 0.5) is 5.69 Å². The highest BCUT2D eigenvalue weighted by atomic mass is 79.9. The second kappa shape index (κ2) is 7.78. The fourth-order valence-electron chi connectivity index (χ4n) is 2.13. The molecule has 0 unspecified atom stereocenters. The zero-order chi connectivity index (χ0) is 18.6. The molecule has 8 heteroatoms. The number of carbonyl (C=O) groups excluding carboxylic acids is 1. The third kappa shape index (κ3) is 4.66. The van der Waals surface area contributed by atoms with Gasteiger partial charge in [0, 0.05) is 17.2 Å². The summed E-state index contributed by atoms with van der Waals surface area (Å²) in [6.45, 7) is 1.52. The summed E-state index contributed by atoms with van der Waals surface area (Å²) in [7, 11) is -2.48. The van der Waals surface area contributed by atoms with E-state index in [-0.39, 0.29) is 11.4 Å². The standard InChI is InChI=1S/C17H16BrN3O3S/c1-12-9-14(18)5-8-16(12)20-17(22)11-21(2)25(23,24)15-6-3-13(10-19)4-7-15/h3-9H,11H2,1-2H3,(H,20,22). The first-order chi connectivity index (χ1) is 11.7. The Balaban J connectivity index is 2.10. The molecule has 6 nitrogen and oxygen atoms in total. The van der Waals surface area contributed by atoms with Crippen LogP contribution < -0.4 is 5.32 Å². The van der Waals surface area contributed by atoms with Gasteiger partial charge in [-0.3, -0.25) is 4.79 Å². The van der Waals surface area contributed by atoms with E-state index in [2.05, 4.69) is 21.2 Å². The van der Waals surface area contributed by atoms with E-state index in [9.17, 15) is 13.2 Å². The highest BCUT2D eigenvalue weighted by Crippen LogP contribution is 2.20. The molecule has 0 atom stereocenters. The van der Waals surface area contributed by atoms with Gasteiger partial charge >= 0.3 is 0 Å². The van der Waals surface area contributed by atoms with E-state index in [4.69, 9.17) is 5.26 Å². The molecule has 0 radical (unpaired) electrons. The van der Waals surface area contributed by atoms with Gasteiger partial charge in [0.15, 0.2) is 0 Å². The number of nitrogens with one attached hydrogen (secondary N) is 1. The molecule has 2 aromatic rings. The summed E-state index contributed by atoms with van der Waals surface area (Å²) in [5.74, 6) is -0.440. The minimum atomic E-state index is -3.81. The van der Waals surface area contributed by atoms with E-state index in [1.165, 1.54) is 31.3 Å². The van der Waals surface area contributed by atoms with E-state index in [1.807, 2.05) is 19.1 Å². The monoisotopic (exact) mass is 421 g/mol. The topological polar surface area (TPSA) is 90.3 Å². The lowest BCUT2D eigenvalue weighted by molar-refractivity contribution is -0.116. The number of benzene rings is 2. The number of carbonyl (C=O) groups is 1. The summed E-state index contributed by atoms with van der Waals surface area (Å²) in [6, 6.07) is 12.9. The normalized spacial score (nSPS) is 11.2. The molecule has 0 aliphatic heterocycles. The van der Waals surface area contributed by atoms with Gasteiger partial charge in [0.1, 0.15) is 0 Å². The number of aryl methyl sites for hydroxylation is 1. The zero-order valence-corrected chi connectivity index (χ0v) is 16.1. The quantitative estimate of drug-likeness (QED) is 0.803. The van der Waals surface area contributed by atoms with E-state index in [1.54, 1.807) is 12.1 Å². The van der Waals surface area contributed by atoms with Crippen LogP contribution in [0.25, 0.3) is 0 Å². The number of nitriles is 1. The molecule has 0 aromatic heterocycles. The highest BCUT2D eigenvalue weighted by Gasteiger charge is 2.23. The average molecular weight is 422 g/mol. The smallest absolute Gasteiger partial charge is 0.243 e. The molecule has 0 bridgehead atoms. The molecule has 0 saturated carbocycles. The van der Waals surface area contributed by atoms with Crippen molar-refractivity contribution >= 4 is 37.5 Å². The van der Waals surface area contributed by atoms with Gasteiger partial charge < -0.3 is 5.32 Å². The predicted octanol–water partition coefficient (Wildman–Crippen LogP) is 2.89. The maximum atomic E-state index is 12.5.